The SMILES string of the molecule is O=c1[nH]c(CC2CC2)nc2c1CCN(Cc1cc(F)c(O)c(Cl)c1)C2. The highest BCUT2D eigenvalue weighted by Gasteiger charge is 2.25. The Morgan fingerprint density at radius 3 is 2.92 bits per heavy atom. The minimum atomic E-state index is -0.721. The highest BCUT2D eigenvalue weighted by Crippen LogP contribution is 2.32. The van der Waals surface area contributed by atoms with E-state index >= 15 is 0 Å². The highest BCUT2D eigenvalue weighted by atomic mass is 35.5. The van der Waals surface area contributed by atoms with Gasteiger partial charge in [-0.2, -0.15) is 0 Å². The smallest absolute Gasteiger partial charge is 0.254 e. The standard InChI is InChI=1S/C18H19ClFN3O2/c19-13-5-11(6-14(20)17(13)24)8-23-4-3-12-15(9-23)21-16(22-18(12)25)7-10-1-2-10/h5-6,10,24H,1-4,7-9H2,(H,21,22,25). The van der Waals surface area contributed by atoms with Crippen LogP contribution in [0.15, 0.2) is 16.9 Å². The van der Waals surface area contributed by atoms with Crippen molar-refractivity contribution in [3.8, 4) is 5.75 Å². The number of phenols is 1. The summed E-state index contributed by atoms with van der Waals surface area (Å²) in [6, 6.07) is 2.86. The average Bonchev–Trinajstić information content (AvgIpc) is 3.36. The molecule has 2 heterocycles. The van der Waals surface area contributed by atoms with Crippen LogP contribution < -0.4 is 5.56 Å². The molecule has 7 heteroatoms. The number of hydrogen-bond donors (Lipinski definition) is 2. The molecule has 1 aliphatic heterocycles. The number of fused-ring (bicyclic) bond motifs is 1. The van der Waals surface area contributed by atoms with Crippen molar-refractivity contribution in [2.75, 3.05) is 6.54 Å². The summed E-state index contributed by atoms with van der Waals surface area (Å²) in [5, 5.41) is 9.44. The molecular formula is C18H19ClFN3O2. The fourth-order valence-corrected chi connectivity index (χ4v) is 3.57. The molecule has 0 spiro atoms. The lowest BCUT2D eigenvalue weighted by Crippen LogP contribution is -2.35. The maximum atomic E-state index is 13.7. The van der Waals surface area contributed by atoms with Gasteiger partial charge in [0.1, 0.15) is 5.82 Å². The molecule has 5 nitrogen and oxygen atoms in total. The number of halogens is 2. The summed E-state index contributed by atoms with van der Waals surface area (Å²) < 4.78 is 13.7. The van der Waals surface area contributed by atoms with E-state index in [-0.39, 0.29) is 10.6 Å². The molecule has 2 aromatic rings. The van der Waals surface area contributed by atoms with Crippen molar-refractivity contribution in [2.24, 2.45) is 5.92 Å². The van der Waals surface area contributed by atoms with Crippen LogP contribution in [0, 0.1) is 11.7 Å². The molecule has 2 N–H and O–H groups in total. The van der Waals surface area contributed by atoms with Crippen LogP contribution in [0.5, 0.6) is 5.75 Å². The summed E-state index contributed by atoms with van der Waals surface area (Å²) in [5.41, 5.74) is 2.23. The van der Waals surface area contributed by atoms with E-state index in [0.717, 1.165) is 23.5 Å². The monoisotopic (exact) mass is 363 g/mol. The average molecular weight is 364 g/mol. The minimum absolute atomic E-state index is 0.00805. The molecule has 0 radical (unpaired) electrons. The van der Waals surface area contributed by atoms with Gasteiger partial charge in [-0.25, -0.2) is 9.37 Å². The molecule has 132 valence electrons. The van der Waals surface area contributed by atoms with Gasteiger partial charge in [0.2, 0.25) is 0 Å². The molecule has 0 unspecified atom stereocenters. The van der Waals surface area contributed by atoms with Gasteiger partial charge >= 0.3 is 0 Å². The van der Waals surface area contributed by atoms with Crippen LogP contribution in [-0.2, 0) is 25.9 Å². The summed E-state index contributed by atoms with van der Waals surface area (Å²) in [5.74, 6) is 0.184. The Morgan fingerprint density at radius 2 is 2.20 bits per heavy atom. The zero-order chi connectivity index (χ0) is 17.6. The van der Waals surface area contributed by atoms with Gasteiger partial charge in [0.25, 0.3) is 5.56 Å². The number of nitrogens with zero attached hydrogens (tertiary/aromatic N) is 2. The zero-order valence-corrected chi connectivity index (χ0v) is 14.4. The van der Waals surface area contributed by atoms with Crippen molar-refractivity contribution in [3.05, 3.63) is 56.0 Å². The van der Waals surface area contributed by atoms with E-state index in [1.165, 1.54) is 18.9 Å². The predicted octanol–water partition coefficient (Wildman–Crippen LogP) is 2.78. The van der Waals surface area contributed by atoms with Crippen molar-refractivity contribution < 1.29 is 9.50 Å². The summed E-state index contributed by atoms with van der Waals surface area (Å²) in [6.45, 7) is 1.74. The van der Waals surface area contributed by atoms with Crippen LogP contribution in [0.25, 0.3) is 0 Å². The third-order valence-corrected chi connectivity index (χ3v) is 5.15. The summed E-state index contributed by atoms with van der Waals surface area (Å²) in [7, 11) is 0. The van der Waals surface area contributed by atoms with Crippen LogP contribution in [0.4, 0.5) is 4.39 Å². The zero-order valence-electron chi connectivity index (χ0n) is 13.7. The molecule has 0 saturated heterocycles. The second kappa shape index (κ2) is 6.42. The van der Waals surface area contributed by atoms with Crippen LogP contribution >= 0.6 is 11.6 Å². The Labute approximate surface area is 149 Å². The first-order valence-corrected chi connectivity index (χ1v) is 8.87. The molecule has 4 rings (SSSR count). The van der Waals surface area contributed by atoms with Gasteiger partial charge in [-0.3, -0.25) is 9.69 Å². The molecule has 1 aromatic heterocycles. The molecule has 1 aromatic carbocycles. The predicted molar refractivity (Wildman–Crippen MR) is 92.2 cm³/mol. The van der Waals surface area contributed by atoms with Gasteiger partial charge in [-0.1, -0.05) is 11.6 Å². The number of hydrogen-bond acceptors (Lipinski definition) is 4. The van der Waals surface area contributed by atoms with E-state index in [1.54, 1.807) is 6.07 Å². The van der Waals surface area contributed by atoms with Crippen molar-refractivity contribution in [1.82, 2.24) is 14.9 Å². The van der Waals surface area contributed by atoms with E-state index in [4.69, 9.17) is 11.6 Å². The van der Waals surface area contributed by atoms with E-state index in [9.17, 15) is 14.3 Å². The Kier molecular flexibility index (Phi) is 4.25. The number of aromatic amines is 1. The molecule has 1 saturated carbocycles. The molecular weight excluding hydrogens is 345 g/mol. The third kappa shape index (κ3) is 3.55. The fourth-order valence-electron chi connectivity index (χ4n) is 3.34. The number of rotatable bonds is 4. The van der Waals surface area contributed by atoms with Gasteiger partial charge in [0.15, 0.2) is 11.6 Å². The van der Waals surface area contributed by atoms with E-state index in [1.807, 2.05) is 0 Å². The largest absolute Gasteiger partial charge is 0.504 e. The number of benzene rings is 1. The first-order valence-electron chi connectivity index (χ1n) is 8.50. The van der Waals surface area contributed by atoms with Crippen molar-refractivity contribution in [2.45, 2.75) is 38.8 Å². The Hall–Kier alpha value is -1.92. The lowest BCUT2D eigenvalue weighted by Gasteiger charge is -2.27. The van der Waals surface area contributed by atoms with Gasteiger partial charge in [0, 0.05) is 31.6 Å². The number of aromatic hydroxyl groups is 1. The second-order valence-corrected chi connectivity index (χ2v) is 7.36. The Balaban J connectivity index is 1.53. The third-order valence-electron chi connectivity index (χ3n) is 4.86. The van der Waals surface area contributed by atoms with Crippen LogP contribution in [0.1, 0.15) is 35.5 Å². The number of phenolic OH excluding ortho intramolecular Hbond substituents is 1. The Bertz CT molecular complexity index is 856. The maximum Gasteiger partial charge on any atom is 0.254 e. The summed E-state index contributed by atoms with van der Waals surface area (Å²) in [6.07, 6.45) is 3.87. The molecule has 1 aliphatic carbocycles. The molecule has 1 fully saturated rings. The maximum absolute atomic E-state index is 13.7. The quantitative estimate of drug-likeness (QED) is 0.876. The van der Waals surface area contributed by atoms with Crippen molar-refractivity contribution >= 4 is 11.6 Å². The lowest BCUT2D eigenvalue weighted by atomic mass is 10.1. The van der Waals surface area contributed by atoms with Crippen molar-refractivity contribution in [1.29, 1.82) is 0 Å². The molecule has 0 bridgehead atoms. The van der Waals surface area contributed by atoms with Crippen LogP contribution in [0.2, 0.25) is 5.02 Å². The van der Waals surface area contributed by atoms with Crippen LogP contribution in [0.3, 0.4) is 0 Å². The van der Waals surface area contributed by atoms with Crippen LogP contribution in [-0.4, -0.2) is 26.5 Å². The highest BCUT2D eigenvalue weighted by molar-refractivity contribution is 6.32. The first kappa shape index (κ1) is 16.5. The number of nitrogens with one attached hydrogen (secondary N) is 1. The lowest BCUT2D eigenvalue weighted by molar-refractivity contribution is 0.239. The first-order chi connectivity index (χ1) is 12.0. The van der Waals surface area contributed by atoms with E-state index < -0.39 is 11.6 Å². The molecule has 0 atom stereocenters. The van der Waals surface area contributed by atoms with Gasteiger partial charge < -0.3 is 10.1 Å². The topological polar surface area (TPSA) is 69.2 Å². The summed E-state index contributed by atoms with van der Waals surface area (Å²) in [4.78, 5) is 21.9. The molecule has 25 heavy (non-hydrogen) atoms. The van der Waals surface area contributed by atoms with Gasteiger partial charge in [-0.05, 0) is 42.9 Å². The Morgan fingerprint density at radius 1 is 1.40 bits per heavy atom. The normalized spacial score (nSPS) is 17.5. The number of aromatic nitrogens is 2. The molecule has 2 aliphatic rings. The number of H-pyrrole nitrogens is 1. The second-order valence-electron chi connectivity index (χ2n) is 6.95. The minimum Gasteiger partial charge on any atom is -0.504 e. The van der Waals surface area contributed by atoms with E-state index in [0.29, 0.717) is 37.5 Å². The van der Waals surface area contributed by atoms with Crippen molar-refractivity contribution in [3.63, 3.8) is 0 Å². The fraction of sp³-hybridized carbons (Fsp3) is 0.444. The van der Waals surface area contributed by atoms with Gasteiger partial charge in [-0.15, -0.1) is 0 Å². The van der Waals surface area contributed by atoms with Gasteiger partial charge in [0.05, 0.1) is 10.7 Å². The van der Waals surface area contributed by atoms with E-state index in [2.05, 4.69) is 14.9 Å². The molecule has 0 amide bonds. The summed E-state index contributed by atoms with van der Waals surface area (Å²) >= 11 is 5.85.